The zero-order valence-electron chi connectivity index (χ0n) is 15.8. The number of aliphatic hydroxyl groups is 1. The summed E-state index contributed by atoms with van der Waals surface area (Å²) in [5.74, 6) is 1.92. The van der Waals surface area contributed by atoms with E-state index in [4.69, 9.17) is 14.7 Å². The van der Waals surface area contributed by atoms with E-state index in [1.807, 2.05) is 12.1 Å². The van der Waals surface area contributed by atoms with Crippen molar-refractivity contribution < 1.29 is 14.6 Å². The second-order valence-electron chi connectivity index (χ2n) is 7.77. The van der Waals surface area contributed by atoms with Gasteiger partial charge in [-0.1, -0.05) is 38.3 Å². The minimum Gasteiger partial charge on any atom is -0.478 e. The van der Waals surface area contributed by atoms with Crippen molar-refractivity contribution in [3.63, 3.8) is 0 Å². The van der Waals surface area contributed by atoms with Gasteiger partial charge in [-0.15, -0.1) is 0 Å². The van der Waals surface area contributed by atoms with Gasteiger partial charge < -0.3 is 14.6 Å². The average molecular weight is 357 g/mol. The van der Waals surface area contributed by atoms with Crippen molar-refractivity contribution >= 4 is 0 Å². The molecule has 2 aliphatic rings. The van der Waals surface area contributed by atoms with E-state index in [0.29, 0.717) is 11.8 Å². The summed E-state index contributed by atoms with van der Waals surface area (Å²) in [6.07, 6.45) is 8.28. The molecule has 1 saturated heterocycles. The number of rotatable bonds is 9. The van der Waals surface area contributed by atoms with Crippen molar-refractivity contribution in [3.05, 3.63) is 29.3 Å². The molecule has 1 aliphatic carbocycles. The summed E-state index contributed by atoms with van der Waals surface area (Å²) in [5.41, 5.74) is 2.59. The fourth-order valence-electron chi connectivity index (χ4n) is 4.53. The highest BCUT2D eigenvalue weighted by Gasteiger charge is 2.40. The van der Waals surface area contributed by atoms with Gasteiger partial charge in [0, 0.05) is 0 Å². The van der Waals surface area contributed by atoms with Gasteiger partial charge in [0.05, 0.1) is 18.8 Å². The average Bonchev–Trinajstić information content (AvgIpc) is 3.05. The van der Waals surface area contributed by atoms with Crippen LogP contribution < -0.4 is 4.74 Å². The Morgan fingerprint density at radius 3 is 3.00 bits per heavy atom. The molecule has 142 valence electrons. The molecule has 0 spiro atoms. The molecule has 1 heterocycles. The summed E-state index contributed by atoms with van der Waals surface area (Å²) in [6.45, 7) is 3.09. The maximum absolute atomic E-state index is 10.2. The molecule has 0 radical (unpaired) electrons. The zero-order valence-corrected chi connectivity index (χ0v) is 15.8. The van der Waals surface area contributed by atoms with Gasteiger partial charge >= 0.3 is 0 Å². The Morgan fingerprint density at radius 2 is 2.19 bits per heavy atom. The van der Waals surface area contributed by atoms with E-state index in [9.17, 15) is 5.11 Å². The minimum absolute atomic E-state index is 0.0968. The molecule has 1 fully saturated rings. The number of nitriles is 1. The van der Waals surface area contributed by atoms with Crippen LogP contribution in [0, 0.1) is 23.2 Å². The molecule has 26 heavy (non-hydrogen) atoms. The Labute approximate surface area is 157 Å². The van der Waals surface area contributed by atoms with E-state index in [-0.39, 0.29) is 18.8 Å². The molecular formula is C22H31NO3. The highest BCUT2D eigenvalue weighted by Crippen LogP contribution is 2.42. The van der Waals surface area contributed by atoms with Crippen molar-refractivity contribution in [2.45, 2.75) is 70.5 Å². The lowest BCUT2D eigenvalue weighted by molar-refractivity contribution is 0.0616. The van der Waals surface area contributed by atoms with E-state index < -0.39 is 0 Å². The number of aliphatic hydroxyl groups excluding tert-OH is 1. The number of hydrogen-bond donors (Lipinski definition) is 1. The van der Waals surface area contributed by atoms with E-state index in [1.165, 1.54) is 24.0 Å². The molecule has 0 amide bonds. The van der Waals surface area contributed by atoms with Gasteiger partial charge in [0.1, 0.15) is 11.8 Å². The summed E-state index contributed by atoms with van der Waals surface area (Å²) in [6, 6.07) is 8.22. The number of nitrogens with zero attached hydrogens (tertiary/aromatic N) is 1. The molecule has 4 heteroatoms. The topological polar surface area (TPSA) is 62.5 Å². The highest BCUT2D eigenvalue weighted by molar-refractivity contribution is 5.43. The van der Waals surface area contributed by atoms with Crippen molar-refractivity contribution in [2.75, 3.05) is 13.2 Å². The van der Waals surface area contributed by atoms with Crippen molar-refractivity contribution in [2.24, 2.45) is 11.8 Å². The molecule has 0 aromatic heterocycles. The highest BCUT2D eigenvalue weighted by atomic mass is 16.5. The standard InChI is InChI=1S/C22H31NO3/c1-2-3-4-7-18(24)9-10-22-20-13-16-6-5-8-21(25-12-11-23)19(16)14-17(20)15-26-22/h5-6,8,17-18,20,22,24H,2-4,7,9-10,12-15H2,1H3/t17-,18-,20-,22+/m0/s1. The molecule has 1 aliphatic heterocycles. The second-order valence-corrected chi connectivity index (χ2v) is 7.77. The molecule has 4 nitrogen and oxygen atoms in total. The van der Waals surface area contributed by atoms with E-state index in [1.54, 1.807) is 0 Å². The van der Waals surface area contributed by atoms with Crippen molar-refractivity contribution in [3.8, 4) is 11.8 Å². The van der Waals surface area contributed by atoms with Gasteiger partial charge in [0.2, 0.25) is 0 Å². The molecule has 4 atom stereocenters. The summed E-state index contributed by atoms with van der Waals surface area (Å²) in [7, 11) is 0. The molecule has 0 saturated carbocycles. The third-order valence-electron chi connectivity index (χ3n) is 5.98. The molecule has 3 rings (SSSR count). The molecular weight excluding hydrogens is 326 g/mol. The fraction of sp³-hybridized carbons (Fsp3) is 0.682. The number of fused-ring (bicyclic) bond motifs is 2. The van der Waals surface area contributed by atoms with Crippen LogP contribution in [0.4, 0.5) is 0 Å². The largest absolute Gasteiger partial charge is 0.478 e. The Bertz CT molecular complexity index is 624. The Kier molecular flexibility index (Phi) is 6.93. The van der Waals surface area contributed by atoms with Gasteiger partial charge in [-0.2, -0.15) is 5.26 Å². The van der Waals surface area contributed by atoms with Crippen LogP contribution in [0.5, 0.6) is 5.75 Å². The summed E-state index contributed by atoms with van der Waals surface area (Å²) in [5, 5.41) is 19.0. The van der Waals surface area contributed by atoms with Crippen LogP contribution >= 0.6 is 0 Å². The Hall–Kier alpha value is -1.57. The predicted octanol–water partition coefficient (Wildman–Crippen LogP) is 4.04. The smallest absolute Gasteiger partial charge is 0.174 e. The van der Waals surface area contributed by atoms with Crippen LogP contribution in [-0.2, 0) is 17.6 Å². The lowest BCUT2D eigenvalue weighted by Gasteiger charge is -2.30. The van der Waals surface area contributed by atoms with Gasteiger partial charge in [-0.05, 0) is 61.1 Å². The van der Waals surface area contributed by atoms with E-state index >= 15 is 0 Å². The maximum atomic E-state index is 10.2. The summed E-state index contributed by atoms with van der Waals surface area (Å²) < 4.78 is 11.7. The van der Waals surface area contributed by atoms with Gasteiger partial charge in [-0.25, -0.2) is 0 Å². The fourth-order valence-corrected chi connectivity index (χ4v) is 4.53. The number of unbranched alkanes of at least 4 members (excludes halogenated alkanes) is 2. The van der Waals surface area contributed by atoms with Gasteiger partial charge in [0.15, 0.2) is 6.61 Å². The first kappa shape index (κ1) is 19.2. The third-order valence-corrected chi connectivity index (χ3v) is 5.98. The van der Waals surface area contributed by atoms with Crippen molar-refractivity contribution in [1.29, 1.82) is 5.26 Å². The van der Waals surface area contributed by atoms with Crippen LogP contribution in [0.15, 0.2) is 18.2 Å². The van der Waals surface area contributed by atoms with Crippen LogP contribution in [0.3, 0.4) is 0 Å². The lowest BCUT2D eigenvalue weighted by Crippen LogP contribution is -2.29. The molecule has 0 unspecified atom stereocenters. The first-order chi connectivity index (χ1) is 12.7. The van der Waals surface area contributed by atoms with E-state index in [0.717, 1.165) is 50.9 Å². The number of ether oxygens (including phenoxy) is 2. The first-order valence-corrected chi connectivity index (χ1v) is 10.1. The normalized spacial score (nSPS) is 25.2. The van der Waals surface area contributed by atoms with E-state index in [2.05, 4.69) is 19.1 Å². The van der Waals surface area contributed by atoms with Crippen LogP contribution in [0.2, 0.25) is 0 Å². The van der Waals surface area contributed by atoms with Crippen LogP contribution in [-0.4, -0.2) is 30.5 Å². The lowest BCUT2D eigenvalue weighted by atomic mass is 9.74. The number of hydrogen-bond acceptors (Lipinski definition) is 4. The van der Waals surface area contributed by atoms with Gasteiger partial charge in [0.25, 0.3) is 0 Å². The number of benzene rings is 1. The quantitative estimate of drug-likeness (QED) is 0.678. The van der Waals surface area contributed by atoms with Gasteiger partial charge in [-0.3, -0.25) is 0 Å². The van der Waals surface area contributed by atoms with Crippen molar-refractivity contribution in [1.82, 2.24) is 0 Å². The zero-order chi connectivity index (χ0) is 18.4. The molecule has 1 N–H and O–H groups in total. The molecule has 1 aromatic carbocycles. The van der Waals surface area contributed by atoms with Crippen LogP contribution in [0.1, 0.15) is 56.6 Å². The first-order valence-electron chi connectivity index (χ1n) is 10.1. The minimum atomic E-state index is -0.189. The Balaban J connectivity index is 1.57. The summed E-state index contributed by atoms with van der Waals surface area (Å²) >= 11 is 0. The SMILES string of the molecule is CCCCC[C@H](O)CC[C@H]1OC[C@@H]2Cc3c(cccc3OCC#N)C[C@@H]21. The summed E-state index contributed by atoms with van der Waals surface area (Å²) in [4.78, 5) is 0. The molecule has 1 aromatic rings. The Morgan fingerprint density at radius 1 is 1.31 bits per heavy atom. The predicted molar refractivity (Wildman–Crippen MR) is 101 cm³/mol. The monoisotopic (exact) mass is 357 g/mol. The second kappa shape index (κ2) is 9.39. The maximum Gasteiger partial charge on any atom is 0.174 e. The third kappa shape index (κ3) is 4.58. The van der Waals surface area contributed by atoms with Crippen LogP contribution in [0.25, 0.3) is 0 Å². The molecule has 0 bridgehead atoms.